The van der Waals surface area contributed by atoms with E-state index in [1.165, 1.54) is 6.07 Å². The Bertz CT molecular complexity index is 387. The number of rotatable bonds is 8. The minimum Gasteiger partial charge on any atom is -0.382 e. The van der Waals surface area contributed by atoms with Crippen molar-refractivity contribution in [2.75, 3.05) is 26.3 Å². The Labute approximate surface area is 119 Å². The van der Waals surface area contributed by atoms with Gasteiger partial charge in [-0.05, 0) is 49.7 Å². The van der Waals surface area contributed by atoms with Crippen LogP contribution in [-0.4, -0.2) is 31.4 Å². The molecule has 0 saturated carbocycles. The Hall–Kier alpha value is -1.20. The Balaban J connectivity index is 2.07. The van der Waals surface area contributed by atoms with Crippen molar-refractivity contribution < 1.29 is 9.13 Å². The molecule has 0 heterocycles. The maximum atomic E-state index is 13.0. The molecule has 2 N–H and O–H groups in total. The van der Waals surface area contributed by atoms with E-state index in [0.29, 0.717) is 11.7 Å². The molecule has 0 spiro atoms. The summed E-state index contributed by atoms with van der Waals surface area (Å²) in [4.78, 5) is 0. The Morgan fingerprint density at radius 1 is 1.32 bits per heavy atom. The van der Waals surface area contributed by atoms with Crippen LogP contribution in [0.3, 0.4) is 0 Å². The molecule has 0 aliphatic heterocycles. The molecule has 0 aliphatic carbocycles. The molecule has 3 nitrogen and oxygen atoms in total. The van der Waals surface area contributed by atoms with E-state index in [9.17, 15) is 4.39 Å². The van der Waals surface area contributed by atoms with Crippen LogP contribution in [0.1, 0.15) is 18.9 Å². The van der Waals surface area contributed by atoms with Crippen LogP contribution in [0.25, 0.3) is 0 Å². The van der Waals surface area contributed by atoms with Gasteiger partial charge in [-0.1, -0.05) is 12.1 Å². The molecular formula is C14H21FN2OS. The lowest BCUT2D eigenvalue weighted by molar-refractivity contribution is 0.145. The first-order valence-corrected chi connectivity index (χ1v) is 6.97. The fourth-order valence-corrected chi connectivity index (χ4v) is 1.80. The number of hydrogen-bond donors (Lipinski definition) is 2. The van der Waals surface area contributed by atoms with Gasteiger partial charge in [0.05, 0.1) is 0 Å². The van der Waals surface area contributed by atoms with Crippen LogP contribution in [-0.2, 0) is 11.2 Å². The van der Waals surface area contributed by atoms with E-state index in [-0.39, 0.29) is 5.82 Å². The zero-order valence-electron chi connectivity index (χ0n) is 11.2. The lowest BCUT2D eigenvalue weighted by Gasteiger charge is -2.10. The fourth-order valence-electron chi connectivity index (χ4n) is 1.60. The molecule has 0 saturated heterocycles. The average molecular weight is 284 g/mol. The van der Waals surface area contributed by atoms with Gasteiger partial charge < -0.3 is 15.4 Å². The van der Waals surface area contributed by atoms with Crippen LogP contribution >= 0.6 is 12.2 Å². The van der Waals surface area contributed by atoms with Crippen molar-refractivity contribution in [1.82, 2.24) is 10.6 Å². The summed E-state index contributed by atoms with van der Waals surface area (Å²) in [6, 6.07) is 6.61. The molecule has 5 heteroatoms. The van der Waals surface area contributed by atoms with Gasteiger partial charge >= 0.3 is 0 Å². The number of halogens is 1. The Kier molecular flexibility index (Phi) is 8.09. The molecule has 1 aromatic carbocycles. The molecule has 1 rings (SSSR count). The third-order valence-corrected chi connectivity index (χ3v) is 2.83. The van der Waals surface area contributed by atoms with E-state index in [1.54, 1.807) is 12.1 Å². The van der Waals surface area contributed by atoms with Crippen LogP contribution in [0.4, 0.5) is 4.39 Å². The van der Waals surface area contributed by atoms with Gasteiger partial charge in [-0.3, -0.25) is 0 Å². The summed E-state index contributed by atoms with van der Waals surface area (Å²) in [5.41, 5.74) is 0.964. The number of hydrogen-bond acceptors (Lipinski definition) is 2. The van der Waals surface area contributed by atoms with E-state index in [1.807, 2.05) is 13.0 Å². The van der Waals surface area contributed by atoms with Crippen molar-refractivity contribution >= 4 is 17.3 Å². The second-order valence-corrected chi connectivity index (χ2v) is 4.52. The second-order valence-electron chi connectivity index (χ2n) is 4.11. The third kappa shape index (κ3) is 7.74. The normalized spacial score (nSPS) is 10.2. The van der Waals surface area contributed by atoms with Gasteiger partial charge in [0.1, 0.15) is 5.82 Å². The highest BCUT2D eigenvalue weighted by atomic mass is 32.1. The molecule has 0 aliphatic rings. The topological polar surface area (TPSA) is 33.3 Å². The minimum atomic E-state index is -0.200. The van der Waals surface area contributed by atoms with Crippen molar-refractivity contribution in [3.63, 3.8) is 0 Å². The molecule has 19 heavy (non-hydrogen) atoms. The first-order chi connectivity index (χ1) is 9.22. The van der Waals surface area contributed by atoms with Crippen LogP contribution in [0.5, 0.6) is 0 Å². The maximum Gasteiger partial charge on any atom is 0.166 e. The molecular weight excluding hydrogens is 263 g/mol. The monoisotopic (exact) mass is 284 g/mol. The van der Waals surface area contributed by atoms with E-state index in [0.717, 1.165) is 38.2 Å². The molecule has 0 bridgehead atoms. The van der Waals surface area contributed by atoms with E-state index in [4.69, 9.17) is 17.0 Å². The van der Waals surface area contributed by atoms with E-state index >= 15 is 0 Å². The van der Waals surface area contributed by atoms with Gasteiger partial charge in [0, 0.05) is 26.3 Å². The number of thiocarbonyl (C=S) groups is 1. The third-order valence-electron chi connectivity index (χ3n) is 2.54. The first-order valence-electron chi connectivity index (χ1n) is 6.56. The smallest absolute Gasteiger partial charge is 0.166 e. The predicted octanol–water partition coefficient (Wildman–Crippen LogP) is 2.26. The molecule has 0 fully saturated rings. The maximum absolute atomic E-state index is 13.0. The summed E-state index contributed by atoms with van der Waals surface area (Å²) in [7, 11) is 0. The van der Waals surface area contributed by atoms with E-state index < -0.39 is 0 Å². The average Bonchev–Trinajstić information content (AvgIpc) is 2.38. The quantitative estimate of drug-likeness (QED) is 0.567. The number of nitrogens with one attached hydrogen (secondary N) is 2. The standard InChI is InChI=1S/C14H21FN2OS/c1-2-18-10-4-8-16-14(19)17-9-7-12-5-3-6-13(15)11-12/h3,5-6,11H,2,4,7-10H2,1H3,(H2,16,17,19). The highest BCUT2D eigenvalue weighted by Crippen LogP contribution is 2.03. The molecule has 1 aromatic rings. The van der Waals surface area contributed by atoms with Crippen molar-refractivity contribution in [1.29, 1.82) is 0 Å². The summed E-state index contributed by atoms with van der Waals surface area (Å²) >= 11 is 5.14. The minimum absolute atomic E-state index is 0.200. The van der Waals surface area contributed by atoms with Crippen LogP contribution in [0.15, 0.2) is 24.3 Å². The van der Waals surface area contributed by atoms with Crippen LogP contribution < -0.4 is 10.6 Å². The summed E-state index contributed by atoms with van der Waals surface area (Å²) in [5, 5.41) is 6.84. The summed E-state index contributed by atoms with van der Waals surface area (Å²) in [5.74, 6) is -0.200. The highest BCUT2D eigenvalue weighted by Gasteiger charge is 1.97. The molecule has 0 amide bonds. The fraction of sp³-hybridized carbons (Fsp3) is 0.500. The summed E-state index contributed by atoms with van der Waals surface area (Å²) in [6.45, 7) is 4.96. The van der Waals surface area contributed by atoms with Crippen LogP contribution in [0, 0.1) is 5.82 Å². The van der Waals surface area contributed by atoms with Crippen molar-refractivity contribution in [3.05, 3.63) is 35.6 Å². The van der Waals surface area contributed by atoms with Crippen molar-refractivity contribution in [2.45, 2.75) is 19.8 Å². The first kappa shape index (κ1) is 15.9. The Morgan fingerprint density at radius 2 is 2.11 bits per heavy atom. The molecule has 0 aromatic heterocycles. The molecule has 0 unspecified atom stereocenters. The van der Waals surface area contributed by atoms with E-state index in [2.05, 4.69) is 10.6 Å². The van der Waals surface area contributed by atoms with Crippen LogP contribution in [0.2, 0.25) is 0 Å². The van der Waals surface area contributed by atoms with Gasteiger partial charge in [0.15, 0.2) is 5.11 Å². The largest absolute Gasteiger partial charge is 0.382 e. The van der Waals surface area contributed by atoms with Gasteiger partial charge in [0.25, 0.3) is 0 Å². The van der Waals surface area contributed by atoms with Gasteiger partial charge in [0.2, 0.25) is 0 Å². The molecule has 106 valence electrons. The van der Waals surface area contributed by atoms with Gasteiger partial charge in [-0.2, -0.15) is 0 Å². The number of ether oxygens (including phenoxy) is 1. The molecule has 0 radical (unpaired) electrons. The predicted molar refractivity (Wildman–Crippen MR) is 79.8 cm³/mol. The van der Waals surface area contributed by atoms with Gasteiger partial charge in [-0.15, -0.1) is 0 Å². The van der Waals surface area contributed by atoms with Crippen molar-refractivity contribution in [3.8, 4) is 0 Å². The SMILES string of the molecule is CCOCCCNC(=S)NCCc1cccc(F)c1. The zero-order chi connectivity index (χ0) is 13.9. The lowest BCUT2D eigenvalue weighted by atomic mass is 10.1. The zero-order valence-corrected chi connectivity index (χ0v) is 12.1. The highest BCUT2D eigenvalue weighted by molar-refractivity contribution is 7.80. The van der Waals surface area contributed by atoms with Gasteiger partial charge in [-0.25, -0.2) is 4.39 Å². The number of benzene rings is 1. The molecule has 0 atom stereocenters. The summed E-state index contributed by atoms with van der Waals surface area (Å²) in [6.07, 6.45) is 1.68. The summed E-state index contributed by atoms with van der Waals surface area (Å²) < 4.78 is 18.2. The Morgan fingerprint density at radius 3 is 2.84 bits per heavy atom. The lowest BCUT2D eigenvalue weighted by Crippen LogP contribution is -2.37. The second kappa shape index (κ2) is 9.69. The van der Waals surface area contributed by atoms with Crippen molar-refractivity contribution in [2.24, 2.45) is 0 Å².